The van der Waals surface area contributed by atoms with Crippen LogP contribution in [0, 0.1) is 5.92 Å². The molecule has 1 N–H and O–H groups in total. The van der Waals surface area contributed by atoms with E-state index in [-0.39, 0.29) is 36.3 Å². The van der Waals surface area contributed by atoms with E-state index in [0.29, 0.717) is 36.3 Å². The van der Waals surface area contributed by atoms with Gasteiger partial charge in [-0.1, -0.05) is 31.1 Å². The number of nitrogens with one attached hydrogen (secondary N) is 1. The van der Waals surface area contributed by atoms with Gasteiger partial charge in [-0.2, -0.15) is 0 Å². The van der Waals surface area contributed by atoms with Gasteiger partial charge in [0.25, 0.3) is 5.91 Å². The zero-order valence-corrected chi connectivity index (χ0v) is 20.7. The first-order valence-corrected chi connectivity index (χ1v) is 12.3. The molecule has 1 aliphatic heterocycles. The second-order valence-corrected chi connectivity index (χ2v) is 9.20. The molecule has 0 radical (unpaired) electrons. The predicted octanol–water partition coefficient (Wildman–Crippen LogP) is 4.38. The summed E-state index contributed by atoms with van der Waals surface area (Å²) in [6, 6.07) is 12.5. The van der Waals surface area contributed by atoms with Crippen LogP contribution in [0.5, 0.6) is 17.4 Å². The van der Waals surface area contributed by atoms with Gasteiger partial charge in [0.1, 0.15) is 5.56 Å². The van der Waals surface area contributed by atoms with Crippen LogP contribution in [0.4, 0.5) is 0 Å². The van der Waals surface area contributed by atoms with Gasteiger partial charge in [-0.3, -0.25) is 9.59 Å². The summed E-state index contributed by atoms with van der Waals surface area (Å²) in [6.07, 6.45) is 4.78. The molecule has 190 valence electrons. The van der Waals surface area contributed by atoms with Crippen molar-refractivity contribution in [1.82, 2.24) is 20.4 Å². The smallest absolute Gasteiger partial charge is 0.259 e. The van der Waals surface area contributed by atoms with Crippen molar-refractivity contribution < 1.29 is 23.6 Å². The molecule has 0 fully saturated rings. The Morgan fingerprint density at radius 3 is 2.78 bits per heavy atom. The summed E-state index contributed by atoms with van der Waals surface area (Å²) in [5.74, 6) is 1.69. The van der Waals surface area contributed by atoms with Crippen molar-refractivity contribution >= 4 is 11.8 Å². The van der Waals surface area contributed by atoms with Crippen LogP contribution in [-0.4, -0.2) is 46.6 Å². The maximum atomic E-state index is 13.5. The van der Waals surface area contributed by atoms with E-state index in [9.17, 15) is 9.59 Å². The van der Waals surface area contributed by atoms with Crippen LogP contribution < -0.4 is 14.8 Å². The first-order chi connectivity index (χ1) is 17.5. The van der Waals surface area contributed by atoms with E-state index in [1.54, 1.807) is 24.4 Å². The average molecular weight is 493 g/mol. The molecule has 0 saturated carbocycles. The Labute approximate surface area is 210 Å². The molecule has 9 heteroatoms. The fourth-order valence-corrected chi connectivity index (χ4v) is 3.95. The molecule has 0 aliphatic carbocycles. The van der Waals surface area contributed by atoms with E-state index in [4.69, 9.17) is 14.0 Å². The van der Waals surface area contributed by atoms with Crippen LogP contribution in [-0.2, 0) is 17.8 Å². The van der Waals surface area contributed by atoms with Gasteiger partial charge in [-0.25, -0.2) is 4.98 Å². The molecule has 2 amide bonds. The van der Waals surface area contributed by atoms with Crippen LogP contribution in [0.3, 0.4) is 0 Å². The van der Waals surface area contributed by atoms with Crippen molar-refractivity contribution in [1.29, 1.82) is 0 Å². The average Bonchev–Trinajstić information content (AvgIpc) is 3.31. The van der Waals surface area contributed by atoms with Crippen molar-refractivity contribution in [2.45, 2.75) is 46.1 Å². The van der Waals surface area contributed by atoms with Crippen molar-refractivity contribution in [2.75, 3.05) is 19.7 Å². The summed E-state index contributed by atoms with van der Waals surface area (Å²) in [5.41, 5.74) is 1.14. The Kier molecular flexibility index (Phi) is 8.54. The number of carbonyl (C=O) groups excluding carboxylic acids is 2. The summed E-state index contributed by atoms with van der Waals surface area (Å²) in [6.45, 7) is 5.29. The summed E-state index contributed by atoms with van der Waals surface area (Å²) >= 11 is 0. The molecule has 0 unspecified atom stereocenters. The lowest BCUT2D eigenvalue weighted by molar-refractivity contribution is -0.122. The highest BCUT2D eigenvalue weighted by atomic mass is 16.5. The molecule has 36 heavy (non-hydrogen) atoms. The Morgan fingerprint density at radius 1 is 1.11 bits per heavy atom. The van der Waals surface area contributed by atoms with Gasteiger partial charge in [-0.15, -0.1) is 0 Å². The van der Waals surface area contributed by atoms with E-state index >= 15 is 0 Å². The third kappa shape index (κ3) is 6.84. The summed E-state index contributed by atoms with van der Waals surface area (Å²) in [5, 5.41) is 6.88. The Balaban J connectivity index is 1.47. The SMILES string of the molecule is CC(C)Cc1cc(CNC(=O)CN2CCCCCOc3ccccc3Oc3ncccc3C2=O)on1. The standard InChI is InChI=1S/C27H32N4O5/c1-19(2)15-20-16-21(36-30-20)17-29-25(32)18-31-13-6-3-7-14-34-23-10-4-5-11-24(23)35-26-22(27(31)33)9-8-12-28-26/h4-5,8-12,16,19H,3,6-7,13-15,17-18H2,1-2H3,(H,29,32). The molecule has 0 spiro atoms. The first-order valence-electron chi connectivity index (χ1n) is 12.3. The normalized spacial score (nSPS) is 14.4. The molecule has 0 saturated heterocycles. The highest BCUT2D eigenvalue weighted by molar-refractivity contribution is 5.98. The van der Waals surface area contributed by atoms with Crippen LogP contribution >= 0.6 is 0 Å². The van der Waals surface area contributed by atoms with Crippen LogP contribution in [0.1, 0.15) is 54.9 Å². The predicted molar refractivity (Wildman–Crippen MR) is 133 cm³/mol. The lowest BCUT2D eigenvalue weighted by Gasteiger charge is -2.23. The summed E-state index contributed by atoms with van der Waals surface area (Å²) < 4.78 is 17.2. The maximum Gasteiger partial charge on any atom is 0.259 e. The number of aromatic nitrogens is 2. The van der Waals surface area contributed by atoms with Crippen molar-refractivity contribution in [3.05, 3.63) is 65.7 Å². The molecule has 0 atom stereocenters. The number of hydrogen-bond donors (Lipinski definition) is 1. The number of nitrogens with zero attached hydrogens (tertiary/aromatic N) is 3. The lowest BCUT2D eigenvalue weighted by Crippen LogP contribution is -2.41. The Hall–Kier alpha value is -3.88. The van der Waals surface area contributed by atoms with E-state index < -0.39 is 0 Å². The molecule has 3 aromatic rings. The third-order valence-corrected chi connectivity index (χ3v) is 5.69. The van der Waals surface area contributed by atoms with Crippen molar-refractivity contribution in [2.24, 2.45) is 5.92 Å². The van der Waals surface area contributed by atoms with Crippen LogP contribution in [0.15, 0.2) is 53.2 Å². The molecule has 3 heterocycles. The molecule has 2 aromatic heterocycles. The Bertz CT molecular complexity index is 1180. The number of rotatable bonds is 6. The molecule has 1 aromatic carbocycles. The van der Waals surface area contributed by atoms with E-state index in [2.05, 4.69) is 29.3 Å². The largest absolute Gasteiger partial charge is 0.490 e. The fourth-order valence-electron chi connectivity index (χ4n) is 3.95. The van der Waals surface area contributed by atoms with E-state index in [0.717, 1.165) is 31.4 Å². The number of fused-ring (bicyclic) bond motifs is 2. The number of pyridine rings is 1. The van der Waals surface area contributed by atoms with Crippen LogP contribution in [0.2, 0.25) is 0 Å². The maximum absolute atomic E-state index is 13.5. The topological polar surface area (TPSA) is 107 Å². The van der Waals surface area contributed by atoms with E-state index in [1.807, 2.05) is 24.3 Å². The monoisotopic (exact) mass is 492 g/mol. The minimum atomic E-state index is -0.315. The van der Waals surface area contributed by atoms with Crippen molar-refractivity contribution in [3.8, 4) is 17.4 Å². The van der Waals surface area contributed by atoms with Gasteiger partial charge < -0.3 is 24.2 Å². The highest BCUT2D eigenvalue weighted by Crippen LogP contribution is 2.32. The molecular formula is C27H32N4O5. The number of carbonyl (C=O) groups is 2. The highest BCUT2D eigenvalue weighted by Gasteiger charge is 2.24. The second kappa shape index (κ2) is 12.2. The molecular weight excluding hydrogens is 460 g/mol. The first kappa shape index (κ1) is 25.2. The Morgan fingerprint density at radius 2 is 1.94 bits per heavy atom. The van der Waals surface area contributed by atoms with Crippen LogP contribution in [0.25, 0.3) is 0 Å². The fraction of sp³-hybridized carbons (Fsp3) is 0.407. The number of benzene rings is 1. The third-order valence-electron chi connectivity index (χ3n) is 5.69. The summed E-state index contributed by atoms with van der Waals surface area (Å²) in [4.78, 5) is 32.1. The van der Waals surface area contributed by atoms with Gasteiger partial charge >= 0.3 is 0 Å². The zero-order chi connectivity index (χ0) is 25.3. The number of hydrogen-bond acceptors (Lipinski definition) is 7. The van der Waals surface area contributed by atoms with Gasteiger partial charge in [0, 0.05) is 18.8 Å². The number of ether oxygens (including phenoxy) is 2. The van der Waals surface area contributed by atoms with Gasteiger partial charge in [0.05, 0.1) is 25.4 Å². The lowest BCUT2D eigenvalue weighted by atomic mass is 10.1. The molecule has 9 nitrogen and oxygen atoms in total. The molecule has 0 bridgehead atoms. The quantitative estimate of drug-likeness (QED) is 0.544. The molecule has 4 rings (SSSR count). The minimum Gasteiger partial charge on any atom is -0.490 e. The van der Waals surface area contributed by atoms with E-state index in [1.165, 1.54) is 4.90 Å². The van der Waals surface area contributed by atoms with Gasteiger partial charge in [0.2, 0.25) is 11.8 Å². The second-order valence-electron chi connectivity index (χ2n) is 9.20. The molecule has 1 aliphatic rings. The zero-order valence-electron chi connectivity index (χ0n) is 20.7. The summed E-state index contributed by atoms with van der Waals surface area (Å²) in [7, 11) is 0. The van der Waals surface area contributed by atoms with Gasteiger partial charge in [-0.05, 0) is 55.9 Å². The van der Waals surface area contributed by atoms with Gasteiger partial charge in [0.15, 0.2) is 17.3 Å². The number of para-hydroxylation sites is 2. The number of amides is 2. The minimum absolute atomic E-state index is 0.0900. The van der Waals surface area contributed by atoms with Crippen molar-refractivity contribution in [3.63, 3.8) is 0 Å².